The van der Waals surface area contributed by atoms with Crippen molar-refractivity contribution in [1.82, 2.24) is 0 Å². The zero-order valence-electron chi connectivity index (χ0n) is 9.15. The normalized spacial score (nSPS) is 10.9. The number of hydrogen-bond donors (Lipinski definition) is 2. The van der Waals surface area contributed by atoms with Gasteiger partial charge in [0.05, 0.1) is 13.2 Å². The number of rotatable bonds is 6. The number of aliphatic hydroxyl groups excluding tert-OH is 2. The van der Waals surface area contributed by atoms with E-state index in [0.29, 0.717) is 0 Å². The van der Waals surface area contributed by atoms with E-state index in [4.69, 9.17) is 10.2 Å². The van der Waals surface area contributed by atoms with Crippen LogP contribution in [-0.2, 0) is 16.6 Å². The summed E-state index contributed by atoms with van der Waals surface area (Å²) < 4.78 is 0. The van der Waals surface area contributed by atoms with Crippen LogP contribution in [0.5, 0.6) is 0 Å². The zero-order valence-corrected chi connectivity index (χ0v) is 9.96. The minimum Gasteiger partial charge on any atom is -0.391 e. The zero-order chi connectivity index (χ0) is 11.1. The molecule has 0 unspecified atom stereocenters. The van der Waals surface area contributed by atoms with E-state index >= 15 is 0 Å². The van der Waals surface area contributed by atoms with Crippen molar-refractivity contribution in [2.24, 2.45) is 0 Å². The Morgan fingerprint density at radius 3 is 2.00 bits per heavy atom. The smallest absolute Gasteiger partial charge is 0.133 e. The summed E-state index contributed by atoms with van der Waals surface area (Å²) in [7, 11) is 0.118. The van der Waals surface area contributed by atoms with Crippen molar-refractivity contribution in [2.75, 3.05) is 24.7 Å². The monoisotopic (exact) mass is 227 g/mol. The molecule has 0 saturated carbocycles. The summed E-state index contributed by atoms with van der Waals surface area (Å²) in [6.07, 6.45) is 0. The van der Waals surface area contributed by atoms with E-state index in [1.54, 1.807) is 0 Å². The Labute approximate surface area is 94.3 Å². The quantitative estimate of drug-likeness (QED) is 0.714. The minimum atomic E-state index is 0.118. The van der Waals surface area contributed by atoms with E-state index in [1.165, 1.54) is 11.1 Å². The van der Waals surface area contributed by atoms with Crippen molar-refractivity contribution >= 4 is 10.9 Å². The van der Waals surface area contributed by atoms with Gasteiger partial charge in [0, 0.05) is 5.56 Å². The van der Waals surface area contributed by atoms with Gasteiger partial charge in [0.1, 0.15) is 17.3 Å². The van der Waals surface area contributed by atoms with E-state index < -0.39 is 0 Å². The Bertz CT molecular complexity index is 265. The van der Waals surface area contributed by atoms with Crippen LogP contribution in [-0.4, -0.2) is 34.9 Å². The fraction of sp³-hybridized carbons (Fsp3) is 0.500. The maximum Gasteiger partial charge on any atom is 0.133 e. The molecule has 1 aromatic carbocycles. The van der Waals surface area contributed by atoms with E-state index in [0.717, 1.165) is 17.3 Å². The number of benzene rings is 1. The van der Waals surface area contributed by atoms with E-state index in [-0.39, 0.29) is 24.1 Å². The van der Waals surface area contributed by atoms with Crippen molar-refractivity contribution in [2.45, 2.75) is 12.7 Å². The van der Waals surface area contributed by atoms with Crippen LogP contribution in [0.25, 0.3) is 0 Å². The third-order valence-electron chi connectivity index (χ3n) is 2.25. The van der Waals surface area contributed by atoms with Gasteiger partial charge in [0.2, 0.25) is 0 Å². The van der Waals surface area contributed by atoms with Gasteiger partial charge < -0.3 is 10.2 Å². The molecule has 1 aromatic rings. The average Bonchev–Trinajstić information content (AvgIpc) is 2.22. The van der Waals surface area contributed by atoms with Gasteiger partial charge in [-0.3, -0.25) is 0 Å². The second-order valence-electron chi connectivity index (χ2n) is 3.60. The molecule has 0 fully saturated rings. The van der Waals surface area contributed by atoms with Crippen LogP contribution in [0.1, 0.15) is 11.1 Å². The van der Waals surface area contributed by atoms with Crippen LogP contribution < -0.4 is 0 Å². The lowest BCUT2D eigenvalue weighted by Crippen LogP contribution is -2.19. The highest BCUT2D eigenvalue weighted by molar-refractivity contribution is 7.96. The minimum absolute atomic E-state index is 0.118. The molecule has 0 aromatic heterocycles. The molecule has 0 saturated heterocycles. The van der Waals surface area contributed by atoms with Crippen LogP contribution in [0.3, 0.4) is 0 Å². The first kappa shape index (κ1) is 12.6. The van der Waals surface area contributed by atoms with Crippen molar-refractivity contribution in [3.05, 3.63) is 35.4 Å². The summed E-state index contributed by atoms with van der Waals surface area (Å²) in [5.74, 6) is 2.57. The number of hydrogen-bond acceptors (Lipinski definition) is 2. The third-order valence-corrected chi connectivity index (χ3v) is 4.51. The molecular formula is C12H19O2S+. The molecule has 0 spiro atoms. The molecule has 0 aliphatic heterocycles. The highest BCUT2D eigenvalue weighted by Crippen LogP contribution is 2.10. The largest absolute Gasteiger partial charge is 0.391 e. The van der Waals surface area contributed by atoms with Gasteiger partial charge in [-0.1, -0.05) is 29.8 Å². The van der Waals surface area contributed by atoms with Crippen LogP contribution in [0.2, 0.25) is 0 Å². The molecule has 15 heavy (non-hydrogen) atoms. The Kier molecular flexibility index (Phi) is 5.76. The molecule has 0 atom stereocenters. The van der Waals surface area contributed by atoms with Gasteiger partial charge >= 0.3 is 0 Å². The van der Waals surface area contributed by atoms with Crippen LogP contribution in [0, 0.1) is 6.92 Å². The Hall–Kier alpha value is -0.510. The molecule has 0 radical (unpaired) electrons. The maximum atomic E-state index is 8.91. The molecule has 0 heterocycles. The molecule has 0 aliphatic carbocycles. The summed E-state index contributed by atoms with van der Waals surface area (Å²) >= 11 is 0. The standard InChI is InChI=1S/C12H19O2S/c1-11-2-4-12(5-3-11)10-15(8-6-13)9-7-14/h2-5,13-14H,6-10H2,1H3/q+1. The summed E-state index contributed by atoms with van der Waals surface area (Å²) in [6, 6.07) is 8.47. The third kappa shape index (κ3) is 4.69. The summed E-state index contributed by atoms with van der Waals surface area (Å²) in [5, 5.41) is 17.8. The number of aliphatic hydroxyl groups is 2. The first-order valence-electron chi connectivity index (χ1n) is 5.17. The molecule has 3 heteroatoms. The molecule has 84 valence electrons. The lowest BCUT2D eigenvalue weighted by molar-refractivity contribution is 0.316. The topological polar surface area (TPSA) is 40.5 Å². The van der Waals surface area contributed by atoms with E-state index in [9.17, 15) is 0 Å². The lowest BCUT2D eigenvalue weighted by atomic mass is 10.2. The number of aryl methyl sites for hydroxylation is 1. The Balaban J connectivity index is 2.53. The van der Waals surface area contributed by atoms with Crippen molar-refractivity contribution in [3.63, 3.8) is 0 Å². The molecule has 2 nitrogen and oxygen atoms in total. The van der Waals surface area contributed by atoms with Crippen molar-refractivity contribution in [1.29, 1.82) is 0 Å². The summed E-state index contributed by atoms with van der Waals surface area (Å²) in [4.78, 5) is 0. The van der Waals surface area contributed by atoms with Crippen LogP contribution >= 0.6 is 0 Å². The SMILES string of the molecule is Cc1ccc(C[S+](CCO)CCO)cc1. The van der Waals surface area contributed by atoms with Crippen molar-refractivity contribution < 1.29 is 10.2 Å². The second-order valence-corrected chi connectivity index (χ2v) is 5.93. The highest BCUT2D eigenvalue weighted by atomic mass is 32.2. The highest BCUT2D eigenvalue weighted by Gasteiger charge is 2.16. The second kappa shape index (κ2) is 6.88. The molecule has 1 rings (SSSR count). The van der Waals surface area contributed by atoms with Gasteiger partial charge in [0.15, 0.2) is 0 Å². The first-order chi connectivity index (χ1) is 7.26. The fourth-order valence-electron chi connectivity index (χ4n) is 1.42. The van der Waals surface area contributed by atoms with Gasteiger partial charge in [-0.05, 0) is 17.8 Å². The fourth-order valence-corrected chi connectivity index (χ4v) is 3.10. The molecule has 2 N–H and O–H groups in total. The molecule has 0 aliphatic rings. The summed E-state index contributed by atoms with van der Waals surface area (Å²) in [5.41, 5.74) is 2.56. The van der Waals surface area contributed by atoms with E-state index in [1.807, 2.05) is 0 Å². The van der Waals surface area contributed by atoms with Crippen LogP contribution in [0.15, 0.2) is 24.3 Å². The lowest BCUT2D eigenvalue weighted by Gasteiger charge is -2.06. The summed E-state index contributed by atoms with van der Waals surface area (Å²) in [6.45, 7) is 2.51. The van der Waals surface area contributed by atoms with Crippen LogP contribution in [0.4, 0.5) is 0 Å². The van der Waals surface area contributed by atoms with Gasteiger partial charge in [-0.2, -0.15) is 0 Å². The van der Waals surface area contributed by atoms with Gasteiger partial charge in [-0.15, -0.1) is 0 Å². The Morgan fingerprint density at radius 1 is 1.00 bits per heavy atom. The molecule has 0 bridgehead atoms. The van der Waals surface area contributed by atoms with Gasteiger partial charge in [0.25, 0.3) is 0 Å². The predicted molar refractivity (Wildman–Crippen MR) is 66.2 cm³/mol. The molecule has 0 amide bonds. The van der Waals surface area contributed by atoms with E-state index in [2.05, 4.69) is 31.2 Å². The van der Waals surface area contributed by atoms with Gasteiger partial charge in [-0.25, -0.2) is 0 Å². The average molecular weight is 227 g/mol. The predicted octanol–water partition coefficient (Wildman–Crippen LogP) is 1.10. The maximum absolute atomic E-state index is 8.91. The Morgan fingerprint density at radius 2 is 1.53 bits per heavy atom. The first-order valence-corrected chi connectivity index (χ1v) is 6.91. The van der Waals surface area contributed by atoms with Crippen molar-refractivity contribution in [3.8, 4) is 0 Å². The molecular weight excluding hydrogens is 208 g/mol.